The van der Waals surface area contributed by atoms with E-state index < -0.39 is 36.2 Å². The van der Waals surface area contributed by atoms with Crippen LogP contribution in [0.2, 0.25) is 0 Å². The maximum Gasteiger partial charge on any atom is 0.408 e. The third kappa shape index (κ3) is 5.81. The monoisotopic (exact) mass is 515 g/mol. The molecule has 1 aliphatic carbocycles. The molecule has 9 nitrogen and oxygen atoms in total. The summed E-state index contributed by atoms with van der Waals surface area (Å²) in [5.74, 6) is -0.276. The van der Waals surface area contributed by atoms with E-state index in [0.717, 1.165) is 0 Å². The number of hydrogen-bond donors (Lipinski definition) is 3. The quantitative estimate of drug-likeness (QED) is 0.348. The van der Waals surface area contributed by atoms with Gasteiger partial charge < -0.3 is 25.1 Å². The molecule has 0 unspecified atom stereocenters. The zero-order valence-electron chi connectivity index (χ0n) is 21.5. The third-order valence-corrected chi connectivity index (χ3v) is 5.86. The van der Waals surface area contributed by atoms with Gasteiger partial charge in [-0.3, -0.25) is 0 Å². The van der Waals surface area contributed by atoms with E-state index in [4.69, 9.17) is 9.47 Å². The Balaban J connectivity index is 1.78. The fourth-order valence-electron chi connectivity index (χ4n) is 4.13. The molecule has 0 radical (unpaired) electrons. The number of halogens is 2. The predicted molar refractivity (Wildman–Crippen MR) is 135 cm³/mol. The Bertz CT molecular complexity index is 1330. The number of carbonyl (C=O) groups is 2. The SMILES string of the molecule is CCOC(=O)c1cc(-c2cccc3nc(C)c(NCC(F)F)nc23)[nH]c1C1(NC(=O)OC(C)(C)C)CC1. The van der Waals surface area contributed by atoms with Crippen LogP contribution >= 0.6 is 0 Å². The smallest absolute Gasteiger partial charge is 0.408 e. The molecule has 0 atom stereocenters. The van der Waals surface area contributed by atoms with Crippen molar-refractivity contribution in [3.63, 3.8) is 0 Å². The molecule has 1 amide bonds. The van der Waals surface area contributed by atoms with Gasteiger partial charge in [0, 0.05) is 11.3 Å². The lowest BCUT2D eigenvalue weighted by Crippen LogP contribution is -2.40. The molecule has 3 aromatic rings. The molecule has 37 heavy (non-hydrogen) atoms. The van der Waals surface area contributed by atoms with Crippen molar-refractivity contribution in [2.45, 2.75) is 65.0 Å². The second kappa shape index (κ2) is 9.95. The molecule has 0 spiro atoms. The number of benzene rings is 1. The van der Waals surface area contributed by atoms with Gasteiger partial charge in [0.15, 0.2) is 0 Å². The van der Waals surface area contributed by atoms with Gasteiger partial charge in [-0.1, -0.05) is 12.1 Å². The predicted octanol–water partition coefficient (Wildman–Crippen LogP) is 5.30. The second-order valence-electron chi connectivity index (χ2n) is 10.0. The minimum absolute atomic E-state index is 0.184. The number of anilines is 1. The number of nitrogens with one attached hydrogen (secondary N) is 3. The number of para-hydroxylation sites is 1. The van der Waals surface area contributed by atoms with Crippen LogP contribution in [-0.4, -0.2) is 52.2 Å². The van der Waals surface area contributed by atoms with Gasteiger partial charge >= 0.3 is 12.1 Å². The number of amides is 1. The number of H-pyrrole nitrogens is 1. The van der Waals surface area contributed by atoms with E-state index in [1.165, 1.54) is 0 Å². The summed E-state index contributed by atoms with van der Waals surface area (Å²) in [7, 11) is 0. The number of aromatic amines is 1. The van der Waals surface area contributed by atoms with Gasteiger partial charge in [-0.05, 0) is 59.6 Å². The molecule has 4 rings (SSSR count). The van der Waals surface area contributed by atoms with Crippen molar-refractivity contribution in [3.8, 4) is 11.3 Å². The minimum Gasteiger partial charge on any atom is -0.462 e. The molecule has 2 aromatic heterocycles. The summed E-state index contributed by atoms with van der Waals surface area (Å²) >= 11 is 0. The first-order chi connectivity index (χ1) is 17.4. The lowest BCUT2D eigenvalue weighted by Gasteiger charge is -2.23. The maximum atomic E-state index is 12.9. The van der Waals surface area contributed by atoms with Gasteiger partial charge in [-0.25, -0.2) is 28.3 Å². The fraction of sp³-hybridized carbons (Fsp3) is 0.462. The Morgan fingerprint density at radius 3 is 2.57 bits per heavy atom. The molecule has 11 heteroatoms. The van der Waals surface area contributed by atoms with E-state index in [9.17, 15) is 18.4 Å². The van der Waals surface area contributed by atoms with Crippen molar-refractivity contribution in [3.05, 3.63) is 41.2 Å². The maximum absolute atomic E-state index is 12.9. The second-order valence-corrected chi connectivity index (χ2v) is 10.0. The number of esters is 1. The molecule has 1 saturated carbocycles. The van der Waals surface area contributed by atoms with Crippen LogP contribution in [0.5, 0.6) is 0 Å². The highest BCUT2D eigenvalue weighted by Gasteiger charge is 2.50. The van der Waals surface area contributed by atoms with Crippen molar-refractivity contribution in [1.82, 2.24) is 20.3 Å². The first kappa shape index (κ1) is 26.3. The molecule has 0 bridgehead atoms. The van der Waals surface area contributed by atoms with E-state index >= 15 is 0 Å². The Labute approximate surface area is 213 Å². The highest BCUT2D eigenvalue weighted by molar-refractivity contribution is 5.97. The largest absolute Gasteiger partial charge is 0.462 e. The standard InChI is InChI=1S/C26H31F2N5O4/c1-6-36-23(34)16-12-18(31-21(16)26(10-11-26)33-24(35)37-25(3,4)5)15-8-7-9-17-20(15)32-22(14(2)30-17)29-13-19(27)28/h7-9,12,19,31H,6,10-11,13H2,1-5H3,(H,29,32)(H,33,35). The Morgan fingerprint density at radius 2 is 1.95 bits per heavy atom. The van der Waals surface area contributed by atoms with Gasteiger partial charge in [-0.2, -0.15) is 0 Å². The lowest BCUT2D eigenvalue weighted by molar-refractivity contribution is 0.0477. The molecule has 0 aliphatic heterocycles. The van der Waals surface area contributed by atoms with Crippen molar-refractivity contribution in [2.24, 2.45) is 0 Å². The molecular weight excluding hydrogens is 484 g/mol. The topological polar surface area (TPSA) is 118 Å². The molecule has 1 fully saturated rings. The van der Waals surface area contributed by atoms with Crippen molar-refractivity contribution in [1.29, 1.82) is 0 Å². The van der Waals surface area contributed by atoms with Gasteiger partial charge in [0.1, 0.15) is 16.9 Å². The first-order valence-electron chi connectivity index (χ1n) is 12.1. The Hall–Kier alpha value is -3.76. The molecule has 1 aliphatic rings. The molecule has 3 N–H and O–H groups in total. The van der Waals surface area contributed by atoms with Crippen molar-refractivity contribution >= 4 is 28.9 Å². The van der Waals surface area contributed by atoms with Gasteiger partial charge in [-0.15, -0.1) is 0 Å². The van der Waals surface area contributed by atoms with Gasteiger partial charge in [0.25, 0.3) is 6.43 Å². The summed E-state index contributed by atoms with van der Waals surface area (Å²) in [6.07, 6.45) is -1.92. The molecular formula is C26H31F2N5O4. The highest BCUT2D eigenvalue weighted by Crippen LogP contribution is 2.48. The number of ether oxygens (including phenoxy) is 2. The van der Waals surface area contributed by atoms with Gasteiger partial charge in [0.05, 0.1) is 41.2 Å². The summed E-state index contributed by atoms with van der Waals surface area (Å²) in [5.41, 5.74) is 2.02. The van der Waals surface area contributed by atoms with Crippen LogP contribution in [0.4, 0.5) is 19.4 Å². The van der Waals surface area contributed by atoms with E-state index in [0.29, 0.717) is 52.1 Å². The van der Waals surface area contributed by atoms with E-state index in [-0.39, 0.29) is 12.4 Å². The van der Waals surface area contributed by atoms with Crippen LogP contribution in [0.1, 0.15) is 62.3 Å². The zero-order chi connectivity index (χ0) is 27.0. The number of rotatable bonds is 8. The third-order valence-electron chi connectivity index (χ3n) is 5.86. The van der Waals surface area contributed by atoms with Crippen LogP contribution < -0.4 is 10.6 Å². The highest BCUT2D eigenvalue weighted by atomic mass is 19.3. The van der Waals surface area contributed by atoms with Crippen LogP contribution in [0, 0.1) is 6.92 Å². The molecule has 198 valence electrons. The molecule has 1 aromatic carbocycles. The van der Waals surface area contributed by atoms with Gasteiger partial charge in [0.2, 0.25) is 0 Å². The summed E-state index contributed by atoms with van der Waals surface area (Å²) in [4.78, 5) is 37.9. The van der Waals surface area contributed by atoms with Crippen LogP contribution in [0.25, 0.3) is 22.3 Å². The minimum atomic E-state index is -2.54. The fourth-order valence-corrected chi connectivity index (χ4v) is 4.13. The summed E-state index contributed by atoms with van der Waals surface area (Å²) < 4.78 is 36.3. The molecule has 0 saturated heterocycles. The van der Waals surface area contributed by atoms with Crippen LogP contribution in [0.15, 0.2) is 24.3 Å². The lowest BCUT2D eigenvalue weighted by atomic mass is 10.1. The number of aryl methyl sites for hydroxylation is 1. The summed E-state index contributed by atoms with van der Waals surface area (Å²) in [6.45, 7) is 8.36. The number of fused-ring (bicyclic) bond motifs is 1. The summed E-state index contributed by atoms with van der Waals surface area (Å²) in [6, 6.07) is 7.04. The zero-order valence-corrected chi connectivity index (χ0v) is 21.5. The van der Waals surface area contributed by atoms with E-state index in [2.05, 4.69) is 25.6 Å². The van der Waals surface area contributed by atoms with Crippen molar-refractivity contribution < 1.29 is 27.8 Å². The Kier molecular flexibility index (Phi) is 7.07. The first-order valence-corrected chi connectivity index (χ1v) is 12.1. The normalized spacial score (nSPS) is 14.5. The van der Waals surface area contributed by atoms with Crippen LogP contribution in [0.3, 0.4) is 0 Å². The van der Waals surface area contributed by atoms with E-state index in [1.54, 1.807) is 58.9 Å². The van der Waals surface area contributed by atoms with E-state index in [1.807, 2.05) is 0 Å². The number of aromatic nitrogens is 3. The average Bonchev–Trinajstić information content (AvgIpc) is 3.42. The average molecular weight is 516 g/mol. The number of nitrogens with zero attached hydrogens (tertiary/aromatic N) is 2. The number of carbonyl (C=O) groups excluding carboxylic acids is 2. The number of alkyl carbamates (subject to hydrolysis) is 1. The summed E-state index contributed by atoms with van der Waals surface area (Å²) in [5, 5.41) is 5.55. The molecule has 2 heterocycles. The number of alkyl halides is 2. The van der Waals surface area contributed by atoms with Crippen LogP contribution in [-0.2, 0) is 15.0 Å². The number of hydrogen-bond acceptors (Lipinski definition) is 7. The van der Waals surface area contributed by atoms with Crippen molar-refractivity contribution in [2.75, 3.05) is 18.5 Å². The Morgan fingerprint density at radius 1 is 1.22 bits per heavy atom.